The summed E-state index contributed by atoms with van der Waals surface area (Å²) in [6.07, 6.45) is 0.287. The van der Waals surface area contributed by atoms with E-state index in [1.807, 2.05) is 53.7 Å². The molecule has 2 amide bonds. The lowest BCUT2D eigenvalue weighted by Gasteiger charge is -2.28. The topological polar surface area (TPSA) is 114 Å². The summed E-state index contributed by atoms with van der Waals surface area (Å²) in [5.41, 5.74) is 6.12. The van der Waals surface area contributed by atoms with Crippen molar-refractivity contribution < 1.29 is 29.3 Å². The number of hydrogen-bond donors (Lipinski definition) is 3. The van der Waals surface area contributed by atoms with Gasteiger partial charge in [0, 0.05) is 12.8 Å². The van der Waals surface area contributed by atoms with Gasteiger partial charge in [-0.25, -0.2) is 4.79 Å². The minimum Gasteiger partial charge on any atom is -0.507 e. The Hall–Kier alpha value is -2.61. The number of aryl methyl sites for hydroxylation is 1. The van der Waals surface area contributed by atoms with Crippen LogP contribution in [0.15, 0.2) is 12.1 Å². The average Bonchev–Trinajstić information content (AvgIpc) is 2.65. The van der Waals surface area contributed by atoms with Gasteiger partial charge in [-0.05, 0) is 54.7 Å². The van der Waals surface area contributed by atoms with Gasteiger partial charge in [-0.1, -0.05) is 53.7 Å². The van der Waals surface area contributed by atoms with Gasteiger partial charge in [-0.15, -0.1) is 0 Å². The van der Waals surface area contributed by atoms with Crippen LogP contribution in [0.4, 0.5) is 0 Å². The summed E-state index contributed by atoms with van der Waals surface area (Å²) in [5, 5.41) is 10.8. The summed E-state index contributed by atoms with van der Waals surface area (Å²) < 4.78 is 0. The summed E-state index contributed by atoms with van der Waals surface area (Å²) in [6.45, 7) is 17.4. The molecule has 0 saturated carbocycles. The Kier molecular flexibility index (Phi) is 9.48. The van der Waals surface area contributed by atoms with Crippen molar-refractivity contribution in [3.8, 4) is 5.75 Å². The Morgan fingerprint density at radius 1 is 0.788 bits per heavy atom. The molecule has 0 spiro atoms. The van der Waals surface area contributed by atoms with E-state index in [4.69, 9.17) is 4.89 Å². The fourth-order valence-corrected chi connectivity index (χ4v) is 2.93. The molecule has 1 rings (SSSR count). The van der Waals surface area contributed by atoms with Crippen molar-refractivity contribution in [2.45, 2.75) is 104 Å². The molecule has 0 saturated heterocycles. The van der Waals surface area contributed by atoms with Crippen LogP contribution in [0.5, 0.6) is 5.75 Å². The highest BCUT2D eigenvalue weighted by Crippen LogP contribution is 2.39. The van der Waals surface area contributed by atoms with Crippen LogP contribution in [0.3, 0.4) is 0 Å². The zero-order valence-corrected chi connectivity index (χ0v) is 21.5. The van der Waals surface area contributed by atoms with Crippen molar-refractivity contribution in [2.75, 3.05) is 0 Å². The molecular formula is C25H40N2O6. The zero-order valence-electron chi connectivity index (χ0n) is 21.5. The van der Waals surface area contributed by atoms with Crippen molar-refractivity contribution >= 4 is 17.8 Å². The number of nitrogens with one attached hydrogen (secondary N) is 2. The number of benzene rings is 1. The summed E-state index contributed by atoms with van der Waals surface area (Å²) in [5.74, 6) is -1.24. The number of phenols is 1. The van der Waals surface area contributed by atoms with Crippen molar-refractivity contribution in [3.63, 3.8) is 0 Å². The second-order valence-electron chi connectivity index (χ2n) is 11.3. The van der Waals surface area contributed by atoms with E-state index in [1.165, 1.54) is 0 Å². The molecule has 0 aliphatic rings. The van der Waals surface area contributed by atoms with Crippen molar-refractivity contribution in [2.24, 2.45) is 0 Å². The Labute approximate surface area is 197 Å². The van der Waals surface area contributed by atoms with Crippen LogP contribution in [0.1, 0.15) is 98.3 Å². The fourth-order valence-electron chi connectivity index (χ4n) is 2.93. The highest BCUT2D eigenvalue weighted by molar-refractivity contribution is 5.84. The van der Waals surface area contributed by atoms with Gasteiger partial charge < -0.3 is 5.11 Å². The van der Waals surface area contributed by atoms with E-state index in [-0.39, 0.29) is 36.0 Å². The molecule has 1 aromatic carbocycles. The molecule has 33 heavy (non-hydrogen) atoms. The maximum Gasteiger partial charge on any atom is 0.342 e. The fraction of sp³-hybridized carbons (Fsp3) is 0.640. The maximum atomic E-state index is 12.2. The van der Waals surface area contributed by atoms with Gasteiger partial charge in [0.2, 0.25) is 11.8 Å². The van der Waals surface area contributed by atoms with E-state index in [9.17, 15) is 19.5 Å². The van der Waals surface area contributed by atoms with Gasteiger partial charge in [0.25, 0.3) is 0 Å². The number of carbonyl (C=O) groups is 3. The lowest BCUT2D eigenvalue weighted by atomic mass is 9.78. The number of aromatic hydroxyl groups is 1. The molecule has 0 unspecified atom stereocenters. The number of hydrazine groups is 1. The van der Waals surface area contributed by atoms with Gasteiger partial charge in [0.15, 0.2) is 0 Å². The number of rotatable bonds is 7. The van der Waals surface area contributed by atoms with Crippen LogP contribution in [-0.2, 0) is 41.4 Å². The lowest BCUT2D eigenvalue weighted by molar-refractivity contribution is -0.320. The highest BCUT2D eigenvalue weighted by atomic mass is 17.2. The Bertz CT molecular complexity index is 822. The molecule has 0 atom stereocenters. The number of hydrogen-bond acceptors (Lipinski definition) is 6. The van der Waals surface area contributed by atoms with Gasteiger partial charge in [-0.3, -0.25) is 25.3 Å². The van der Waals surface area contributed by atoms with Crippen molar-refractivity contribution in [1.29, 1.82) is 0 Å². The molecule has 0 radical (unpaired) electrons. The third kappa shape index (κ3) is 10.2. The molecule has 0 fully saturated rings. The van der Waals surface area contributed by atoms with E-state index < -0.39 is 17.5 Å². The average molecular weight is 465 g/mol. The first kappa shape index (κ1) is 28.4. The number of amides is 2. The van der Waals surface area contributed by atoms with Crippen molar-refractivity contribution in [1.82, 2.24) is 10.9 Å². The third-order valence-corrected chi connectivity index (χ3v) is 4.71. The molecule has 0 heterocycles. The predicted molar refractivity (Wildman–Crippen MR) is 126 cm³/mol. The second-order valence-corrected chi connectivity index (χ2v) is 11.3. The van der Waals surface area contributed by atoms with Crippen LogP contribution >= 0.6 is 0 Å². The SMILES string of the molecule is CC(C)(C)OOC(=O)CCC(=O)NNC(=O)CCc1cc(C(C)(C)C)c(O)c(C(C)(C)C)c1. The predicted octanol–water partition coefficient (Wildman–Crippen LogP) is 4.12. The largest absolute Gasteiger partial charge is 0.507 e. The molecule has 186 valence electrons. The van der Waals surface area contributed by atoms with Gasteiger partial charge in [-0.2, -0.15) is 4.89 Å². The molecular weight excluding hydrogens is 424 g/mol. The smallest absolute Gasteiger partial charge is 0.342 e. The normalized spacial score (nSPS) is 12.3. The van der Waals surface area contributed by atoms with Crippen LogP contribution in [0.25, 0.3) is 0 Å². The second kappa shape index (κ2) is 11.0. The van der Waals surface area contributed by atoms with E-state index in [0.29, 0.717) is 12.2 Å². The van der Waals surface area contributed by atoms with Crippen molar-refractivity contribution in [3.05, 3.63) is 28.8 Å². The zero-order chi connectivity index (χ0) is 25.6. The third-order valence-electron chi connectivity index (χ3n) is 4.71. The first-order chi connectivity index (χ1) is 14.9. The molecule has 0 aromatic heterocycles. The number of phenolic OH excluding ortho intramolecular Hbond substituents is 1. The highest BCUT2D eigenvalue weighted by Gasteiger charge is 2.26. The standard InChI is InChI=1S/C25H40N2O6/c1-23(2,3)17-14-16(15-18(22(17)31)24(4,5)6)10-11-19(28)26-27-20(29)12-13-21(30)32-33-25(7,8)9/h14-15,31H,10-13H2,1-9H3,(H,26,28)(H,27,29). The monoisotopic (exact) mass is 464 g/mol. The molecule has 8 nitrogen and oxygen atoms in total. The molecule has 0 aliphatic carbocycles. The van der Waals surface area contributed by atoms with Gasteiger partial charge in [0.1, 0.15) is 11.4 Å². The Morgan fingerprint density at radius 3 is 1.67 bits per heavy atom. The van der Waals surface area contributed by atoms with E-state index in [0.717, 1.165) is 16.7 Å². The summed E-state index contributed by atoms with van der Waals surface area (Å²) >= 11 is 0. The van der Waals surface area contributed by atoms with Crippen LogP contribution in [0.2, 0.25) is 0 Å². The van der Waals surface area contributed by atoms with E-state index >= 15 is 0 Å². The molecule has 8 heteroatoms. The molecule has 1 aromatic rings. The maximum absolute atomic E-state index is 12.2. The minimum absolute atomic E-state index is 0.144. The quantitative estimate of drug-likeness (QED) is 0.413. The molecule has 0 bridgehead atoms. The van der Waals surface area contributed by atoms with E-state index in [1.54, 1.807) is 20.8 Å². The van der Waals surface area contributed by atoms with E-state index in [2.05, 4.69) is 15.7 Å². The minimum atomic E-state index is -0.664. The van der Waals surface area contributed by atoms with Crippen LogP contribution < -0.4 is 10.9 Å². The summed E-state index contributed by atoms with van der Waals surface area (Å²) in [6, 6.07) is 3.86. The van der Waals surface area contributed by atoms with Crippen LogP contribution in [-0.4, -0.2) is 28.5 Å². The van der Waals surface area contributed by atoms with Gasteiger partial charge in [0.05, 0.1) is 6.42 Å². The molecule has 3 N–H and O–H groups in total. The summed E-state index contributed by atoms with van der Waals surface area (Å²) in [4.78, 5) is 45.2. The van der Waals surface area contributed by atoms with Crippen LogP contribution in [0, 0.1) is 0 Å². The first-order valence-corrected chi connectivity index (χ1v) is 11.2. The van der Waals surface area contributed by atoms with Gasteiger partial charge >= 0.3 is 5.97 Å². The lowest BCUT2D eigenvalue weighted by Crippen LogP contribution is -2.41. The Balaban J connectivity index is 2.62. The summed E-state index contributed by atoms with van der Waals surface area (Å²) in [7, 11) is 0. The molecule has 0 aliphatic heterocycles. The number of carbonyl (C=O) groups excluding carboxylic acids is 3. The first-order valence-electron chi connectivity index (χ1n) is 11.2. The Morgan fingerprint density at radius 2 is 1.24 bits per heavy atom.